The number of thioether (sulfide) groups is 1. The fourth-order valence-corrected chi connectivity index (χ4v) is 4.13. The fraction of sp³-hybridized carbons (Fsp3) is 0.500. The van der Waals surface area contributed by atoms with Crippen LogP contribution in [0.2, 0.25) is 0 Å². The predicted molar refractivity (Wildman–Crippen MR) is 87.8 cm³/mol. The highest BCUT2D eigenvalue weighted by Gasteiger charge is 2.29. The van der Waals surface area contributed by atoms with Gasteiger partial charge in [0.25, 0.3) is 5.91 Å². The Labute approximate surface area is 131 Å². The molecule has 19 heavy (non-hydrogen) atoms. The summed E-state index contributed by atoms with van der Waals surface area (Å²) in [5.74, 6) is 0.964. The molecule has 0 heterocycles. The molecule has 1 aliphatic carbocycles. The van der Waals surface area contributed by atoms with E-state index in [1.54, 1.807) is 18.2 Å². The summed E-state index contributed by atoms with van der Waals surface area (Å²) in [6, 6.07) is 5.32. The van der Waals surface area contributed by atoms with Crippen LogP contribution >= 0.6 is 34.4 Å². The Morgan fingerprint density at radius 2 is 2.32 bits per heavy atom. The normalized spacial score (nSPS) is 22.4. The van der Waals surface area contributed by atoms with Gasteiger partial charge in [-0.25, -0.2) is 0 Å². The number of amides is 1. The number of phenolic OH excluding ortho intramolecular Hbond substituents is 1. The summed E-state index contributed by atoms with van der Waals surface area (Å²) in [7, 11) is 0. The molecule has 1 aromatic rings. The lowest BCUT2D eigenvalue weighted by atomic mass is 10.1. The minimum atomic E-state index is -0.162. The lowest BCUT2D eigenvalue weighted by Gasteiger charge is -2.20. The molecule has 0 radical (unpaired) electrons. The number of carbonyl (C=O) groups excluding carboxylic acids is 1. The topological polar surface area (TPSA) is 49.3 Å². The number of halogens is 1. The van der Waals surface area contributed by atoms with Crippen molar-refractivity contribution in [3.8, 4) is 5.75 Å². The van der Waals surface area contributed by atoms with E-state index in [-0.39, 0.29) is 17.7 Å². The van der Waals surface area contributed by atoms with Crippen LogP contribution in [0.1, 0.15) is 36.5 Å². The van der Waals surface area contributed by atoms with Crippen LogP contribution in [0.25, 0.3) is 0 Å². The van der Waals surface area contributed by atoms with Gasteiger partial charge in [0.1, 0.15) is 5.75 Å². The Balaban J connectivity index is 2.06. The smallest absolute Gasteiger partial charge is 0.255 e. The van der Waals surface area contributed by atoms with Crippen molar-refractivity contribution in [2.24, 2.45) is 0 Å². The van der Waals surface area contributed by atoms with Gasteiger partial charge < -0.3 is 10.4 Å². The van der Waals surface area contributed by atoms with Crippen molar-refractivity contribution in [3.05, 3.63) is 27.3 Å². The summed E-state index contributed by atoms with van der Waals surface area (Å²) in [6.07, 6.45) is 3.37. The third-order valence-electron chi connectivity index (χ3n) is 3.35. The van der Waals surface area contributed by atoms with Crippen LogP contribution in [0.3, 0.4) is 0 Å². The minimum absolute atomic E-state index is 0.0515. The molecule has 0 saturated heterocycles. The van der Waals surface area contributed by atoms with E-state index in [0.717, 1.165) is 15.7 Å². The molecule has 1 saturated carbocycles. The fourth-order valence-electron chi connectivity index (χ4n) is 2.44. The third kappa shape index (κ3) is 3.78. The number of hydrogen-bond acceptors (Lipinski definition) is 3. The van der Waals surface area contributed by atoms with Crippen molar-refractivity contribution in [2.45, 2.75) is 37.5 Å². The van der Waals surface area contributed by atoms with Gasteiger partial charge in [0.2, 0.25) is 0 Å². The van der Waals surface area contributed by atoms with Crippen LogP contribution in [0.15, 0.2) is 18.2 Å². The molecule has 0 aliphatic heterocycles. The van der Waals surface area contributed by atoms with Gasteiger partial charge in [-0.15, -0.1) is 0 Å². The summed E-state index contributed by atoms with van der Waals surface area (Å²) in [4.78, 5) is 12.2. The van der Waals surface area contributed by atoms with Crippen molar-refractivity contribution < 1.29 is 9.90 Å². The molecular weight excluding hydrogens is 373 g/mol. The van der Waals surface area contributed by atoms with Crippen molar-refractivity contribution in [3.63, 3.8) is 0 Å². The molecular formula is C14H18INO2S. The molecule has 1 aliphatic rings. The first kappa shape index (κ1) is 15.0. The lowest BCUT2D eigenvalue weighted by Crippen LogP contribution is -2.38. The van der Waals surface area contributed by atoms with E-state index in [9.17, 15) is 9.90 Å². The molecule has 2 rings (SSSR count). The van der Waals surface area contributed by atoms with Gasteiger partial charge in [-0.1, -0.05) is 13.3 Å². The molecule has 5 heteroatoms. The quantitative estimate of drug-likeness (QED) is 0.774. The van der Waals surface area contributed by atoms with Gasteiger partial charge in [0, 0.05) is 14.9 Å². The number of phenols is 1. The molecule has 2 N–H and O–H groups in total. The van der Waals surface area contributed by atoms with E-state index in [4.69, 9.17) is 0 Å². The number of rotatable bonds is 4. The molecule has 0 aromatic heterocycles. The van der Waals surface area contributed by atoms with E-state index in [1.165, 1.54) is 12.8 Å². The average molecular weight is 391 g/mol. The van der Waals surface area contributed by atoms with Crippen molar-refractivity contribution >= 4 is 40.3 Å². The molecule has 2 atom stereocenters. The van der Waals surface area contributed by atoms with Crippen molar-refractivity contribution in [1.82, 2.24) is 5.32 Å². The van der Waals surface area contributed by atoms with Crippen LogP contribution in [-0.4, -0.2) is 28.1 Å². The van der Waals surface area contributed by atoms with Crippen LogP contribution in [0.5, 0.6) is 5.75 Å². The van der Waals surface area contributed by atoms with Crippen LogP contribution in [0.4, 0.5) is 0 Å². The number of aromatic hydroxyl groups is 1. The maximum Gasteiger partial charge on any atom is 0.255 e. The van der Waals surface area contributed by atoms with Crippen LogP contribution in [0, 0.1) is 3.57 Å². The Morgan fingerprint density at radius 3 is 3.05 bits per heavy atom. The van der Waals surface area contributed by atoms with E-state index >= 15 is 0 Å². The monoisotopic (exact) mass is 391 g/mol. The highest BCUT2D eigenvalue weighted by Crippen LogP contribution is 2.30. The average Bonchev–Trinajstić information content (AvgIpc) is 2.80. The summed E-state index contributed by atoms with van der Waals surface area (Å²) in [5, 5.41) is 13.4. The Morgan fingerprint density at radius 1 is 1.53 bits per heavy atom. The Kier molecular flexibility index (Phi) is 5.38. The number of benzene rings is 1. The van der Waals surface area contributed by atoms with Gasteiger partial charge >= 0.3 is 0 Å². The Hall–Kier alpha value is -0.430. The molecule has 0 spiro atoms. The van der Waals surface area contributed by atoms with Gasteiger partial charge in [-0.3, -0.25) is 4.79 Å². The van der Waals surface area contributed by atoms with Crippen LogP contribution < -0.4 is 5.32 Å². The molecule has 1 fully saturated rings. The second kappa shape index (κ2) is 6.83. The maximum atomic E-state index is 12.2. The largest absolute Gasteiger partial charge is 0.507 e. The van der Waals surface area contributed by atoms with E-state index < -0.39 is 0 Å². The summed E-state index contributed by atoms with van der Waals surface area (Å²) >= 11 is 4.06. The second-order valence-electron chi connectivity index (χ2n) is 4.67. The van der Waals surface area contributed by atoms with Crippen molar-refractivity contribution in [1.29, 1.82) is 0 Å². The van der Waals surface area contributed by atoms with E-state index in [2.05, 4.69) is 34.8 Å². The molecule has 104 valence electrons. The zero-order valence-corrected chi connectivity index (χ0v) is 13.8. The van der Waals surface area contributed by atoms with Crippen molar-refractivity contribution in [2.75, 3.05) is 5.75 Å². The van der Waals surface area contributed by atoms with Gasteiger partial charge in [-0.05, 0) is 59.4 Å². The molecule has 3 nitrogen and oxygen atoms in total. The van der Waals surface area contributed by atoms with Gasteiger partial charge in [0.05, 0.1) is 5.56 Å². The van der Waals surface area contributed by atoms with Crippen LogP contribution in [-0.2, 0) is 0 Å². The summed E-state index contributed by atoms with van der Waals surface area (Å²) < 4.78 is 0.950. The Bertz CT molecular complexity index is 467. The molecule has 1 amide bonds. The third-order valence-corrected chi connectivity index (χ3v) is 5.35. The zero-order valence-electron chi connectivity index (χ0n) is 10.9. The number of hydrogen-bond donors (Lipinski definition) is 2. The lowest BCUT2D eigenvalue weighted by molar-refractivity contribution is 0.0936. The molecule has 1 aromatic carbocycles. The maximum absolute atomic E-state index is 12.2. The standard InChI is InChI=1S/C14H18INO2S/c1-2-19-13-5-3-4-11(13)16-14(18)10-8-9(15)6-7-12(10)17/h6-8,11,13,17H,2-5H2,1H3,(H,16,18). The summed E-state index contributed by atoms with van der Waals surface area (Å²) in [5.41, 5.74) is 0.374. The first-order chi connectivity index (χ1) is 9.11. The van der Waals surface area contributed by atoms with E-state index in [0.29, 0.717) is 10.8 Å². The first-order valence-electron chi connectivity index (χ1n) is 6.52. The first-order valence-corrected chi connectivity index (χ1v) is 8.65. The highest BCUT2D eigenvalue weighted by molar-refractivity contribution is 14.1. The van der Waals surface area contributed by atoms with Gasteiger partial charge in [0.15, 0.2) is 0 Å². The SMILES string of the molecule is CCSC1CCCC1NC(=O)c1cc(I)ccc1O. The zero-order chi connectivity index (χ0) is 13.8. The highest BCUT2D eigenvalue weighted by atomic mass is 127. The molecule has 2 unspecified atom stereocenters. The molecule has 0 bridgehead atoms. The number of carbonyl (C=O) groups is 1. The van der Waals surface area contributed by atoms with Gasteiger partial charge in [-0.2, -0.15) is 11.8 Å². The van der Waals surface area contributed by atoms with E-state index in [1.807, 2.05) is 11.8 Å². The summed E-state index contributed by atoms with van der Waals surface area (Å²) in [6.45, 7) is 2.15. The predicted octanol–water partition coefficient (Wildman–Crippen LogP) is 3.40. The number of nitrogens with one attached hydrogen (secondary N) is 1. The minimum Gasteiger partial charge on any atom is -0.507 e. The second-order valence-corrected chi connectivity index (χ2v) is 7.43.